The number of nitrogens with zero attached hydrogens (tertiary/aromatic N) is 3. The van der Waals surface area contributed by atoms with E-state index in [0.29, 0.717) is 18.0 Å². The number of carbonyl (C=O) groups is 1. The highest BCUT2D eigenvalue weighted by molar-refractivity contribution is 5.67. The number of ether oxygens (including phenoxy) is 1. The van der Waals surface area contributed by atoms with Crippen molar-refractivity contribution in [3.05, 3.63) is 35.7 Å². The summed E-state index contributed by atoms with van der Waals surface area (Å²) in [6.45, 7) is 0.241. The van der Waals surface area contributed by atoms with Gasteiger partial charge in [-0.2, -0.15) is 5.21 Å². The van der Waals surface area contributed by atoms with Crippen molar-refractivity contribution in [2.24, 2.45) is 0 Å². The molecule has 0 aliphatic heterocycles. The second-order valence-electron chi connectivity index (χ2n) is 3.65. The third-order valence-corrected chi connectivity index (χ3v) is 2.31. The summed E-state index contributed by atoms with van der Waals surface area (Å²) in [6, 6.07) is 7.26. The van der Waals surface area contributed by atoms with Crippen LogP contribution in [0.15, 0.2) is 24.3 Å². The number of H-pyrrole nitrogens is 1. The van der Waals surface area contributed by atoms with E-state index >= 15 is 0 Å². The Morgan fingerprint density at radius 1 is 1.33 bits per heavy atom. The molecule has 0 aliphatic carbocycles. The Morgan fingerprint density at radius 3 is 2.72 bits per heavy atom. The van der Waals surface area contributed by atoms with Crippen molar-refractivity contribution in [2.75, 3.05) is 0 Å². The van der Waals surface area contributed by atoms with Gasteiger partial charge in [-0.15, -0.1) is 10.2 Å². The van der Waals surface area contributed by atoms with Crippen molar-refractivity contribution in [1.29, 1.82) is 0 Å². The summed E-state index contributed by atoms with van der Waals surface area (Å²) >= 11 is 0. The van der Waals surface area contributed by atoms with Gasteiger partial charge in [-0.1, -0.05) is 17.3 Å². The molecule has 7 heteroatoms. The van der Waals surface area contributed by atoms with Crippen molar-refractivity contribution in [1.82, 2.24) is 20.6 Å². The molecule has 0 bridgehead atoms. The van der Waals surface area contributed by atoms with Gasteiger partial charge in [-0.05, 0) is 24.1 Å². The van der Waals surface area contributed by atoms with E-state index in [1.165, 1.54) is 0 Å². The van der Waals surface area contributed by atoms with Gasteiger partial charge < -0.3 is 9.84 Å². The highest BCUT2D eigenvalue weighted by atomic mass is 16.5. The van der Waals surface area contributed by atoms with Crippen LogP contribution >= 0.6 is 0 Å². The first-order valence-corrected chi connectivity index (χ1v) is 5.40. The maximum Gasteiger partial charge on any atom is 0.303 e. The molecule has 0 unspecified atom stereocenters. The number of hydrogen-bond donors (Lipinski definition) is 2. The average Bonchev–Trinajstić information content (AvgIpc) is 2.88. The van der Waals surface area contributed by atoms with Crippen LogP contribution in [0.3, 0.4) is 0 Å². The molecule has 0 atom stereocenters. The molecule has 2 rings (SSSR count). The predicted octanol–water partition coefficient (Wildman–Crippen LogP) is 0.796. The Labute approximate surface area is 103 Å². The first-order chi connectivity index (χ1) is 8.74. The number of benzene rings is 1. The fourth-order valence-electron chi connectivity index (χ4n) is 1.40. The molecule has 0 saturated heterocycles. The number of rotatable bonds is 6. The number of carboxylic acids is 1. The number of aryl methyl sites for hydroxylation is 1. The van der Waals surface area contributed by atoms with Gasteiger partial charge in [0.25, 0.3) is 0 Å². The van der Waals surface area contributed by atoms with E-state index < -0.39 is 5.97 Å². The average molecular weight is 248 g/mol. The molecule has 1 aromatic heterocycles. The topological polar surface area (TPSA) is 101 Å². The van der Waals surface area contributed by atoms with Gasteiger partial charge in [0, 0.05) is 6.42 Å². The molecule has 2 aromatic rings. The molecular formula is C11H12N4O3. The zero-order valence-electron chi connectivity index (χ0n) is 9.54. The monoisotopic (exact) mass is 248 g/mol. The fraction of sp³-hybridized carbons (Fsp3) is 0.273. The molecule has 0 saturated carbocycles. The summed E-state index contributed by atoms with van der Waals surface area (Å²) in [4.78, 5) is 10.4. The second kappa shape index (κ2) is 5.76. The lowest BCUT2D eigenvalue weighted by Gasteiger charge is -2.04. The molecule has 0 radical (unpaired) electrons. The Balaban J connectivity index is 1.85. The highest BCUT2D eigenvalue weighted by Gasteiger charge is 2.02. The summed E-state index contributed by atoms with van der Waals surface area (Å²) < 4.78 is 5.43. The van der Waals surface area contributed by atoms with Crippen molar-refractivity contribution in [3.8, 4) is 5.75 Å². The molecular weight excluding hydrogens is 236 g/mol. The van der Waals surface area contributed by atoms with Crippen LogP contribution in [-0.4, -0.2) is 31.7 Å². The van der Waals surface area contributed by atoms with E-state index in [9.17, 15) is 4.79 Å². The van der Waals surface area contributed by atoms with Crippen LogP contribution in [0.1, 0.15) is 17.8 Å². The third-order valence-electron chi connectivity index (χ3n) is 2.31. The van der Waals surface area contributed by atoms with Gasteiger partial charge in [0.05, 0.1) is 0 Å². The summed E-state index contributed by atoms with van der Waals surface area (Å²) in [7, 11) is 0. The Hall–Kier alpha value is -2.44. The number of aromatic nitrogens is 4. The molecule has 0 amide bonds. The molecule has 7 nitrogen and oxygen atoms in total. The standard InChI is InChI=1S/C11H12N4O3/c16-11(17)6-3-8-1-4-9(5-2-8)18-7-10-12-14-15-13-10/h1-2,4-5H,3,6-7H2,(H,16,17)(H,12,13,14,15). The lowest BCUT2D eigenvalue weighted by atomic mass is 10.1. The molecule has 94 valence electrons. The van der Waals surface area contributed by atoms with Crippen LogP contribution in [0, 0.1) is 0 Å². The van der Waals surface area contributed by atoms with Gasteiger partial charge in [0.2, 0.25) is 5.82 Å². The molecule has 0 spiro atoms. The minimum atomic E-state index is -0.799. The van der Waals surface area contributed by atoms with Crippen LogP contribution in [0.5, 0.6) is 5.75 Å². The molecule has 2 N–H and O–H groups in total. The summed E-state index contributed by atoms with van der Waals surface area (Å²) in [5, 5.41) is 21.8. The van der Waals surface area contributed by atoms with Crippen molar-refractivity contribution in [2.45, 2.75) is 19.4 Å². The number of nitrogens with one attached hydrogen (secondary N) is 1. The lowest BCUT2D eigenvalue weighted by Crippen LogP contribution is -1.99. The number of aromatic amines is 1. The summed E-state index contributed by atoms with van der Waals surface area (Å²) in [5.41, 5.74) is 0.962. The first kappa shape index (κ1) is 12.0. The van der Waals surface area contributed by atoms with Gasteiger partial charge in [0.15, 0.2) is 6.61 Å². The van der Waals surface area contributed by atoms with Crippen molar-refractivity contribution in [3.63, 3.8) is 0 Å². The number of tetrazole rings is 1. The molecule has 0 aliphatic rings. The zero-order chi connectivity index (χ0) is 12.8. The van der Waals surface area contributed by atoms with E-state index in [1.807, 2.05) is 12.1 Å². The van der Waals surface area contributed by atoms with E-state index in [2.05, 4.69) is 20.6 Å². The van der Waals surface area contributed by atoms with Gasteiger partial charge in [-0.25, -0.2) is 0 Å². The Morgan fingerprint density at radius 2 is 2.11 bits per heavy atom. The van der Waals surface area contributed by atoms with E-state index in [1.54, 1.807) is 12.1 Å². The Bertz CT molecular complexity index is 496. The highest BCUT2D eigenvalue weighted by Crippen LogP contribution is 2.14. The molecule has 18 heavy (non-hydrogen) atoms. The molecule has 1 heterocycles. The quantitative estimate of drug-likeness (QED) is 0.784. The van der Waals surface area contributed by atoms with Crippen LogP contribution in [0.2, 0.25) is 0 Å². The van der Waals surface area contributed by atoms with Crippen LogP contribution < -0.4 is 4.74 Å². The summed E-state index contributed by atoms with van der Waals surface area (Å²) in [6.07, 6.45) is 0.642. The van der Waals surface area contributed by atoms with Crippen LogP contribution in [0.25, 0.3) is 0 Å². The van der Waals surface area contributed by atoms with Gasteiger partial charge in [0.1, 0.15) is 5.75 Å². The summed E-state index contributed by atoms with van der Waals surface area (Å²) in [5.74, 6) is 0.358. The number of aliphatic carboxylic acids is 1. The van der Waals surface area contributed by atoms with Crippen LogP contribution in [-0.2, 0) is 17.8 Å². The predicted molar refractivity (Wildman–Crippen MR) is 60.9 cm³/mol. The van der Waals surface area contributed by atoms with Crippen molar-refractivity contribution < 1.29 is 14.6 Å². The minimum Gasteiger partial charge on any atom is -0.485 e. The Kier molecular flexibility index (Phi) is 3.85. The van der Waals surface area contributed by atoms with Crippen molar-refractivity contribution >= 4 is 5.97 Å². The van der Waals surface area contributed by atoms with E-state index in [-0.39, 0.29) is 13.0 Å². The lowest BCUT2D eigenvalue weighted by molar-refractivity contribution is -0.136. The maximum absolute atomic E-state index is 10.4. The van der Waals surface area contributed by atoms with Gasteiger partial charge in [-0.3, -0.25) is 4.79 Å². The SMILES string of the molecule is O=C(O)CCc1ccc(OCc2nn[nH]n2)cc1. The zero-order valence-corrected chi connectivity index (χ0v) is 9.54. The largest absolute Gasteiger partial charge is 0.485 e. The van der Waals surface area contributed by atoms with E-state index in [4.69, 9.17) is 9.84 Å². The van der Waals surface area contributed by atoms with Gasteiger partial charge >= 0.3 is 5.97 Å². The maximum atomic E-state index is 10.4. The normalized spacial score (nSPS) is 10.2. The first-order valence-electron chi connectivity index (χ1n) is 5.40. The molecule has 1 aromatic carbocycles. The smallest absolute Gasteiger partial charge is 0.303 e. The number of hydrogen-bond acceptors (Lipinski definition) is 5. The second-order valence-corrected chi connectivity index (χ2v) is 3.65. The molecule has 0 fully saturated rings. The minimum absolute atomic E-state index is 0.128. The number of carboxylic acid groups (broad SMARTS) is 1. The van der Waals surface area contributed by atoms with E-state index in [0.717, 1.165) is 5.56 Å². The van der Waals surface area contributed by atoms with Crippen LogP contribution in [0.4, 0.5) is 0 Å². The third kappa shape index (κ3) is 3.55. The fourth-order valence-corrected chi connectivity index (χ4v) is 1.40.